The van der Waals surface area contributed by atoms with Gasteiger partial charge in [0.2, 0.25) is 0 Å². The third-order valence-corrected chi connectivity index (χ3v) is 4.26. The van der Waals surface area contributed by atoms with Crippen LogP contribution in [0.1, 0.15) is 0 Å². The second kappa shape index (κ2) is 6.34. The molecule has 27 heavy (non-hydrogen) atoms. The number of fused-ring (bicyclic) bond motifs is 2. The van der Waals surface area contributed by atoms with E-state index in [0.717, 1.165) is 16.8 Å². The summed E-state index contributed by atoms with van der Waals surface area (Å²) in [6.45, 7) is 0. The van der Waals surface area contributed by atoms with Crippen molar-refractivity contribution >= 4 is 44.4 Å². The van der Waals surface area contributed by atoms with Crippen molar-refractivity contribution in [2.24, 2.45) is 0 Å². The van der Waals surface area contributed by atoms with E-state index in [1.807, 2.05) is 36.4 Å². The predicted octanol–water partition coefficient (Wildman–Crippen LogP) is 4.95. The van der Waals surface area contributed by atoms with Crippen LogP contribution in [-0.4, -0.2) is 14.8 Å². The van der Waals surface area contributed by atoms with Crippen molar-refractivity contribution in [3.8, 4) is 0 Å². The molecule has 1 heterocycles. The standard InChI is InChI=1S/C19H12N4O4/c24-22(25)16-11-17(23(26)27)19(18-15(16)6-3-9-20-18)21-14-8-7-12-4-1-2-5-13(12)10-14/h1-11,21H. The van der Waals surface area contributed by atoms with Crippen LogP contribution in [0.2, 0.25) is 0 Å². The highest BCUT2D eigenvalue weighted by molar-refractivity contribution is 6.02. The molecule has 0 amide bonds. The van der Waals surface area contributed by atoms with Crippen molar-refractivity contribution in [1.29, 1.82) is 0 Å². The lowest BCUT2D eigenvalue weighted by molar-refractivity contribution is -0.392. The first kappa shape index (κ1) is 16.4. The molecule has 8 nitrogen and oxygen atoms in total. The van der Waals surface area contributed by atoms with Gasteiger partial charge in [-0.25, -0.2) is 0 Å². The molecular weight excluding hydrogens is 348 g/mol. The van der Waals surface area contributed by atoms with Gasteiger partial charge in [-0.3, -0.25) is 25.2 Å². The third-order valence-electron chi connectivity index (χ3n) is 4.26. The molecule has 0 aliphatic carbocycles. The summed E-state index contributed by atoms with van der Waals surface area (Å²) in [4.78, 5) is 25.8. The zero-order valence-electron chi connectivity index (χ0n) is 13.8. The Morgan fingerprint density at radius 1 is 0.815 bits per heavy atom. The van der Waals surface area contributed by atoms with Crippen molar-refractivity contribution in [1.82, 2.24) is 4.98 Å². The van der Waals surface area contributed by atoms with Gasteiger partial charge in [0, 0.05) is 11.9 Å². The summed E-state index contributed by atoms with van der Waals surface area (Å²) < 4.78 is 0. The van der Waals surface area contributed by atoms with Gasteiger partial charge in [0.1, 0.15) is 11.2 Å². The van der Waals surface area contributed by atoms with Crippen molar-refractivity contribution in [2.45, 2.75) is 0 Å². The molecule has 1 aromatic heterocycles. The maximum absolute atomic E-state index is 11.6. The van der Waals surface area contributed by atoms with Crippen LogP contribution in [0, 0.1) is 20.2 Å². The summed E-state index contributed by atoms with van der Waals surface area (Å²) in [6, 6.07) is 17.3. The fourth-order valence-electron chi connectivity index (χ4n) is 3.04. The molecule has 0 fully saturated rings. The quantitative estimate of drug-likeness (QED) is 0.407. The molecule has 4 rings (SSSR count). The van der Waals surface area contributed by atoms with Crippen LogP contribution >= 0.6 is 0 Å². The number of non-ortho nitro benzene ring substituents is 1. The monoisotopic (exact) mass is 360 g/mol. The number of hydrogen-bond donors (Lipinski definition) is 1. The van der Waals surface area contributed by atoms with Crippen LogP contribution in [-0.2, 0) is 0 Å². The first-order chi connectivity index (χ1) is 13.0. The van der Waals surface area contributed by atoms with Crippen molar-refractivity contribution < 1.29 is 9.85 Å². The minimum Gasteiger partial charge on any atom is -0.348 e. The molecule has 0 bridgehead atoms. The first-order valence-electron chi connectivity index (χ1n) is 8.01. The van der Waals surface area contributed by atoms with Crippen LogP contribution < -0.4 is 5.32 Å². The normalized spacial score (nSPS) is 10.8. The van der Waals surface area contributed by atoms with E-state index >= 15 is 0 Å². The van der Waals surface area contributed by atoms with Gasteiger partial charge in [-0.1, -0.05) is 30.3 Å². The number of aromatic nitrogens is 1. The van der Waals surface area contributed by atoms with Crippen molar-refractivity contribution in [3.05, 3.63) is 87.1 Å². The van der Waals surface area contributed by atoms with Gasteiger partial charge in [0.15, 0.2) is 0 Å². The molecule has 0 aliphatic rings. The fourth-order valence-corrected chi connectivity index (χ4v) is 3.04. The Kier molecular flexibility index (Phi) is 3.85. The maximum Gasteiger partial charge on any atom is 0.301 e. The minimum atomic E-state index is -0.648. The van der Waals surface area contributed by atoms with E-state index in [2.05, 4.69) is 10.3 Å². The van der Waals surface area contributed by atoms with E-state index in [0.29, 0.717) is 5.69 Å². The van der Waals surface area contributed by atoms with Crippen LogP contribution in [0.5, 0.6) is 0 Å². The molecule has 0 saturated heterocycles. The van der Waals surface area contributed by atoms with Gasteiger partial charge < -0.3 is 5.32 Å². The summed E-state index contributed by atoms with van der Waals surface area (Å²) in [7, 11) is 0. The number of nitrogens with one attached hydrogen (secondary N) is 1. The second-order valence-corrected chi connectivity index (χ2v) is 5.89. The number of pyridine rings is 1. The molecule has 0 aliphatic heterocycles. The minimum absolute atomic E-state index is 0.122. The molecular formula is C19H12N4O4. The van der Waals surface area contributed by atoms with E-state index in [1.165, 1.54) is 12.3 Å². The lowest BCUT2D eigenvalue weighted by Gasteiger charge is -2.11. The number of rotatable bonds is 4. The first-order valence-corrected chi connectivity index (χ1v) is 8.01. The van der Waals surface area contributed by atoms with Gasteiger partial charge in [-0.2, -0.15) is 0 Å². The van der Waals surface area contributed by atoms with Gasteiger partial charge >= 0.3 is 5.69 Å². The highest BCUT2D eigenvalue weighted by Gasteiger charge is 2.26. The molecule has 0 spiro atoms. The molecule has 8 heteroatoms. The molecule has 0 radical (unpaired) electrons. The van der Waals surface area contributed by atoms with Gasteiger partial charge in [-0.15, -0.1) is 0 Å². The Morgan fingerprint density at radius 3 is 2.30 bits per heavy atom. The Bertz CT molecular complexity index is 1220. The Morgan fingerprint density at radius 2 is 1.56 bits per heavy atom. The number of hydrogen-bond acceptors (Lipinski definition) is 6. The van der Waals surface area contributed by atoms with Crippen LogP contribution in [0.3, 0.4) is 0 Å². The average molecular weight is 360 g/mol. The number of nitrogens with zero attached hydrogens (tertiary/aromatic N) is 3. The Labute approximate surface area is 152 Å². The summed E-state index contributed by atoms with van der Waals surface area (Å²) in [5, 5.41) is 28.2. The number of anilines is 2. The predicted molar refractivity (Wildman–Crippen MR) is 102 cm³/mol. The highest BCUT2D eigenvalue weighted by Crippen LogP contribution is 2.39. The van der Waals surface area contributed by atoms with Gasteiger partial charge in [-0.05, 0) is 35.0 Å². The number of benzene rings is 3. The zero-order chi connectivity index (χ0) is 19.0. The zero-order valence-corrected chi connectivity index (χ0v) is 13.8. The molecule has 0 unspecified atom stereocenters. The summed E-state index contributed by atoms with van der Waals surface area (Å²) >= 11 is 0. The fraction of sp³-hybridized carbons (Fsp3) is 0. The summed E-state index contributed by atoms with van der Waals surface area (Å²) in [5.74, 6) is 0. The molecule has 1 N–H and O–H groups in total. The summed E-state index contributed by atoms with van der Waals surface area (Å²) in [5.41, 5.74) is 0.163. The SMILES string of the molecule is O=[N+]([O-])c1cc([N+](=O)[O-])c2cccnc2c1Nc1ccc2ccccc2c1. The Balaban J connectivity index is 1.94. The van der Waals surface area contributed by atoms with Crippen molar-refractivity contribution in [2.75, 3.05) is 5.32 Å². The van der Waals surface area contributed by atoms with Crippen LogP contribution in [0.15, 0.2) is 66.9 Å². The van der Waals surface area contributed by atoms with Gasteiger partial charge in [0.25, 0.3) is 5.69 Å². The summed E-state index contributed by atoms with van der Waals surface area (Å²) in [6.07, 6.45) is 1.45. The molecule has 0 saturated carbocycles. The third kappa shape index (κ3) is 2.89. The Hall–Kier alpha value is -4.07. The van der Waals surface area contributed by atoms with Crippen molar-refractivity contribution in [3.63, 3.8) is 0 Å². The van der Waals surface area contributed by atoms with E-state index in [1.54, 1.807) is 12.1 Å². The topological polar surface area (TPSA) is 111 Å². The lowest BCUT2D eigenvalue weighted by atomic mass is 10.1. The second-order valence-electron chi connectivity index (χ2n) is 5.89. The molecule has 3 aromatic carbocycles. The number of nitro benzene ring substituents is 2. The van der Waals surface area contributed by atoms with E-state index < -0.39 is 15.5 Å². The highest BCUT2D eigenvalue weighted by atomic mass is 16.6. The largest absolute Gasteiger partial charge is 0.348 e. The molecule has 0 atom stereocenters. The van der Waals surface area contributed by atoms with Gasteiger partial charge in [0.05, 0.1) is 21.3 Å². The van der Waals surface area contributed by atoms with E-state index in [-0.39, 0.29) is 22.3 Å². The average Bonchev–Trinajstić information content (AvgIpc) is 2.67. The van der Waals surface area contributed by atoms with Crippen LogP contribution in [0.25, 0.3) is 21.7 Å². The lowest BCUT2D eigenvalue weighted by Crippen LogP contribution is -2.02. The smallest absolute Gasteiger partial charge is 0.301 e. The molecule has 132 valence electrons. The van der Waals surface area contributed by atoms with E-state index in [4.69, 9.17) is 0 Å². The van der Waals surface area contributed by atoms with Crippen LogP contribution in [0.4, 0.5) is 22.7 Å². The number of nitro groups is 2. The molecule has 4 aromatic rings. The maximum atomic E-state index is 11.6. The van der Waals surface area contributed by atoms with E-state index in [9.17, 15) is 20.2 Å².